The summed E-state index contributed by atoms with van der Waals surface area (Å²) >= 11 is 0. The minimum atomic E-state index is -0.601. The number of non-ortho nitro benzene ring substituents is 1. The van der Waals surface area contributed by atoms with Crippen LogP contribution in [-0.4, -0.2) is 41.9 Å². The number of benzene rings is 2. The molecule has 0 aromatic heterocycles. The third kappa shape index (κ3) is 3.21. The van der Waals surface area contributed by atoms with Crippen molar-refractivity contribution in [1.29, 1.82) is 0 Å². The number of nitro groups is 1. The van der Waals surface area contributed by atoms with E-state index in [9.17, 15) is 19.3 Å². The first-order valence-corrected chi connectivity index (χ1v) is 9.54. The molecule has 2 aliphatic rings. The molecule has 0 atom stereocenters. The molecule has 1 aliphatic heterocycles. The fourth-order valence-electron chi connectivity index (χ4n) is 4.22. The maximum atomic E-state index is 13.7. The normalized spacial score (nSPS) is 18.5. The standard InChI is InChI=1S/C21H22FN3O3/c22-17-5-1-4-16(14-17)21(8-3-9-21)20(26)24-12-10-23(11-13-24)18-6-2-7-19(15-18)25(27)28/h1-2,4-7,14-15H,3,8-13H2. The molecule has 1 amide bonds. The monoisotopic (exact) mass is 383 g/mol. The number of carbonyl (C=O) groups excluding carboxylic acids is 1. The van der Waals surface area contributed by atoms with Crippen molar-refractivity contribution in [2.75, 3.05) is 31.1 Å². The molecule has 2 fully saturated rings. The summed E-state index contributed by atoms with van der Waals surface area (Å²) in [5.41, 5.74) is 1.03. The molecular formula is C21H22FN3O3. The average Bonchev–Trinajstić information content (AvgIpc) is 2.67. The number of anilines is 1. The Morgan fingerprint density at radius 3 is 2.36 bits per heavy atom. The van der Waals surface area contributed by atoms with Gasteiger partial charge in [0.15, 0.2) is 0 Å². The Morgan fingerprint density at radius 1 is 1.04 bits per heavy atom. The highest BCUT2D eigenvalue weighted by molar-refractivity contribution is 5.89. The minimum absolute atomic E-state index is 0.0653. The molecule has 7 heteroatoms. The van der Waals surface area contributed by atoms with Crippen molar-refractivity contribution in [3.05, 3.63) is 70.0 Å². The molecule has 0 radical (unpaired) electrons. The molecule has 2 aromatic rings. The predicted molar refractivity (Wildman–Crippen MR) is 104 cm³/mol. The van der Waals surface area contributed by atoms with Crippen molar-refractivity contribution in [3.63, 3.8) is 0 Å². The van der Waals surface area contributed by atoms with Gasteiger partial charge >= 0.3 is 0 Å². The smallest absolute Gasteiger partial charge is 0.271 e. The fourth-order valence-corrected chi connectivity index (χ4v) is 4.22. The van der Waals surface area contributed by atoms with Gasteiger partial charge in [-0.25, -0.2) is 4.39 Å². The van der Waals surface area contributed by atoms with Gasteiger partial charge < -0.3 is 9.80 Å². The van der Waals surface area contributed by atoms with Crippen molar-refractivity contribution >= 4 is 17.3 Å². The van der Waals surface area contributed by atoms with Gasteiger partial charge in [0.05, 0.1) is 10.3 Å². The Kier molecular flexibility index (Phi) is 4.75. The second-order valence-corrected chi connectivity index (χ2v) is 7.50. The van der Waals surface area contributed by atoms with Gasteiger partial charge in [-0.2, -0.15) is 0 Å². The first kappa shape index (κ1) is 18.4. The number of piperazine rings is 1. The largest absolute Gasteiger partial charge is 0.368 e. The second-order valence-electron chi connectivity index (χ2n) is 7.50. The Labute approximate surface area is 162 Å². The SMILES string of the molecule is O=C(N1CCN(c2cccc([N+](=O)[O-])c2)CC1)C1(c2cccc(F)c2)CCC1. The summed E-state index contributed by atoms with van der Waals surface area (Å²) < 4.78 is 13.7. The molecule has 2 aromatic carbocycles. The van der Waals surface area contributed by atoms with E-state index < -0.39 is 10.3 Å². The van der Waals surface area contributed by atoms with E-state index in [1.807, 2.05) is 17.0 Å². The van der Waals surface area contributed by atoms with E-state index >= 15 is 0 Å². The Morgan fingerprint density at radius 2 is 1.75 bits per heavy atom. The van der Waals surface area contributed by atoms with Crippen LogP contribution in [0.3, 0.4) is 0 Å². The van der Waals surface area contributed by atoms with Crippen molar-refractivity contribution in [1.82, 2.24) is 4.90 Å². The number of carbonyl (C=O) groups is 1. The van der Waals surface area contributed by atoms with Gasteiger partial charge in [0, 0.05) is 44.0 Å². The number of hydrogen-bond donors (Lipinski definition) is 0. The lowest BCUT2D eigenvalue weighted by Crippen LogP contribution is -2.56. The molecule has 1 aliphatic carbocycles. The maximum absolute atomic E-state index is 13.7. The first-order chi connectivity index (χ1) is 13.5. The van der Waals surface area contributed by atoms with Crippen LogP contribution in [0.15, 0.2) is 48.5 Å². The zero-order valence-corrected chi connectivity index (χ0v) is 15.5. The molecule has 1 heterocycles. The highest BCUT2D eigenvalue weighted by Crippen LogP contribution is 2.45. The zero-order valence-electron chi connectivity index (χ0n) is 15.5. The van der Waals surface area contributed by atoms with Crippen LogP contribution in [0.1, 0.15) is 24.8 Å². The number of nitro benzene ring substituents is 1. The Hall–Kier alpha value is -2.96. The Bertz CT molecular complexity index is 905. The fraction of sp³-hybridized carbons (Fsp3) is 0.381. The van der Waals surface area contributed by atoms with E-state index in [0.29, 0.717) is 26.2 Å². The van der Waals surface area contributed by atoms with Crippen molar-refractivity contribution in [3.8, 4) is 0 Å². The van der Waals surface area contributed by atoms with Crippen LogP contribution in [-0.2, 0) is 10.2 Å². The van der Waals surface area contributed by atoms with Gasteiger partial charge in [0.25, 0.3) is 5.69 Å². The van der Waals surface area contributed by atoms with Crippen molar-refractivity contribution in [2.45, 2.75) is 24.7 Å². The summed E-state index contributed by atoms with van der Waals surface area (Å²) in [6.07, 6.45) is 2.47. The lowest BCUT2D eigenvalue weighted by molar-refractivity contribution is -0.384. The molecule has 1 saturated carbocycles. The number of rotatable bonds is 4. The van der Waals surface area contributed by atoms with E-state index in [-0.39, 0.29) is 17.4 Å². The summed E-state index contributed by atoms with van der Waals surface area (Å²) in [6, 6.07) is 13.0. The summed E-state index contributed by atoms with van der Waals surface area (Å²) in [4.78, 5) is 27.8. The molecule has 1 saturated heterocycles. The predicted octanol–water partition coefficient (Wildman–Crippen LogP) is 3.50. The topological polar surface area (TPSA) is 66.7 Å². The quantitative estimate of drug-likeness (QED) is 0.599. The molecule has 28 heavy (non-hydrogen) atoms. The van der Waals surface area contributed by atoms with Gasteiger partial charge in [-0.1, -0.05) is 24.6 Å². The molecule has 0 N–H and O–H groups in total. The summed E-state index contributed by atoms with van der Waals surface area (Å²) in [6.45, 7) is 2.34. The van der Waals surface area contributed by atoms with Gasteiger partial charge in [-0.05, 0) is 36.6 Å². The summed E-state index contributed by atoms with van der Waals surface area (Å²) in [5.74, 6) is -0.241. The molecule has 0 bridgehead atoms. The van der Waals surface area contributed by atoms with Crippen molar-refractivity contribution in [2.24, 2.45) is 0 Å². The highest BCUT2D eigenvalue weighted by Gasteiger charge is 2.48. The second kappa shape index (κ2) is 7.22. The lowest BCUT2D eigenvalue weighted by atomic mass is 9.63. The summed E-state index contributed by atoms with van der Waals surface area (Å²) in [5, 5.41) is 11.0. The van der Waals surface area contributed by atoms with E-state index in [4.69, 9.17) is 0 Å². The first-order valence-electron chi connectivity index (χ1n) is 9.54. The van der Waals surface area contributed by atoms with Crippen LogP contribution >= 0.6 is 0 Å². The van der Waals surface area contributed by atoms with Gasteiger partial charge in [0.2, 0.25) is 5.91 Å². The van der Waals surface area contributed by atoms with Gasteiger partial charge in [-0.3, -0.25) is 14.9 Å². The van der Waals surface area contributed by atoms with E-state index in [0.717, 1.165) is 30.5 Å². The van der Waals surface area contributed by atoms with Crippen LogP contribution < -0.4 is 4.90 Å². The van der Waals surface area contributed by atoms with Crippen LogP contribution in [0, 0.1) is 15.9 Å². The Balaban J connectivity index is 1.47. The minimum Gasteiger partial charge on any atom is -0.368 e. The molecule has 6 nitrogen and oxygen atoms in total. The molecule has 146 valence electrons. The van der Waals surface area contributed by atoms with Crippen molar-refractivity contribution < 1.29 is 14.1 Å². The van der Waals surface area contributed by atoms with Gasteiger partial charge in [0.1, 0.15) is 5.82 Å². The molecule has 4 rings (SSSR count). The number of hydrogen-bond acceptors (Lipinski definition) is 4. The molecule has 0 unspecified atom stereocenters. The average molecular weight is 383 g/mol. The summed E-state index contributed by atoms with van der Waals surface area (Å²) in [7, 11) is 0. The third-order valence-corrected chi connectivity index (χ3v) is 5.97. The van der Waals surface area contributed by atoms with Crippen LogP contribution in [0.2, 0.25) is 0 Å². The van der Waals surface area contributed by atoms with Crippen LogP contribution in [0.25, 0.3) is 0 Å². The number of nitrogens with zero attached hydrogens (tertiary/aromatic N) is 3. The molecule has 0 spiro atoms. The number of amides is 1. The number of halogens is 1. The van der Waals surface area contributed by atoms with E-state index in [2.05, 4.69) is 4.90 Å². The van der Waals surface area contributed by atoms with Gasteiger partial charge in [-0.15, -0.1) is 0 Å². The van der Waals surface area contributed by atoms with Crippen LogP contribution in [0.4, 0.5) is 15.8 Å². The highest BCUT2D eigenvalue weighted by atomic mass is 19.1. The van der Waals surface area contributed by atoms with Crippen LogP contribution in [0.5, 0.6) is 0 Å². The van der Waals surface area contributed by atoms with E-state index in [1.54, 1.807) is 18.2 Å². The third-order valence-electron chi connectivity index (χ3n) is 5.97. The maximum Gasteiger partial charge on any atom is 0.271 e. The van der Waals surface area contributed by atoms with E-state index in [1.165, 1.54) is 18.2 Å². The zero-order chi connectivity index (χ0) is 19.7. The molecular weight excluding hydrogens is 361 g/mol. The lowest BCUT2D eigenvalue weighted by Gasteiger charge is -2.46.